The zero-order chi connectivity index (χ0) is 35.6. The van der Waals surface area contributed by atoms with Crippen LogP contribution in [0, 0.1) is 0 Å². The number of rotatable bonds is 6. The lowest BCUT2D eigenvalue weighted by Gasteiger charge is -2.27. The molecule has 0 bridgehead atoms. The van der Waals surface area contributed by atoms with E-state index in [0.717, 1.165) is 22.7 Å². The van der Waals surface area contributed by atoms with Crippen molar-refractivity contribution in [1.82, 2.24) is 0 Å². The molecule has 11 aromatic rings. The summed E-state index contributed by atoms with van der Waals surface area (Å²) in [6.45, 7) is 0. The van der Waals surface area contributed by atoms with Crippen LogP contribution < -0.4 is 9.80 Å². The number of nitrogens with zero attached hydrogens (tertiary/aromatic N) is 2. The van der Waals surface area contributed by atoms with Crippen molar-refractivity contribution in [1.29, 1.82) is 0 Å². The molecule has 0 aliphatic carbocycles. The van der Waals surface area contributed by atoms with Crippen molar-refractivity contribution in [2.75, 3.05) is 9.80 Å². The lowest BCUT2D eigenvalue weighted by atomic mass is 10.0. The van der Waals surface area contributed by atoms with Crippen molar-refractivity contribution < 1.29 is 0 Å². The molecule has 0 radical (unpaired) electrons. The van der Waals surface area contributed by atoms with Gasteiger partial charge in [-0.3, -0.25) is 0 Å². The van der Waals surface area contributed by atoms with Crippen LogP contribution in [0.5, 0.6) is 0 Å². The molecule has 0 N–H and O–H groups in total. The normalized spacial score (nSPS) is 11.7. The standard InChI is InChI=1S/C50H32N2S2/c1-3-17-35(18-4-1)51(45-23-11-15-33-13-7-9-21-39(33)45)37-25-27-41-43-29-30-44-42-28-26-38(32-48(42)54-50(44)49(43)53-47(41)31-37)52(36-19-5-2-6-20-36)46-24-12-16-34-14-8-10-22-40(34)46/h1-32H. The molecule has 54 heavy (non-hydrogen) atoms. The summed E-state index contributed by atoms with van der Waals surface area (Å²) in [5.41, 5.74) is 6.95. The Morgan fingerprint density at radius 2 is 0.667 bits per heavy atom. The van der Waals surface area contributed by atoms with Crippen LogP contribution in [0.4, 0.5) is 34.1 Å². The Labute approximate surface area is 321 Å². The fourth-order valence-electron chi connectivity index (χ4n) is 8.14. The van der Waals surface area contributed by atoms with Gasteiger partial charge in [-0.1, -0.05) is 133 Å². The van der Waals surface area contributed by atoms with E-state index in [1.165, 1.54) is 73.3 Å². The number of benzene rings is 9. The Kier molecular flexibility index (Phi) is 7.25. The lowest BCUT2D eigenvalue weighted by Crippen LogP contribution is -2.10. The van der Waals surface area contributed by atoms with Crippen molar-refractivity contribution in [2.45, 2.75) is 0 Å². The van der Waals surface area contributed by atoms with E-state index >= 15 is 0 Å². The summed E-state index contributed by atoms with van der Waals surface area (Å²) in [6.07, 6.45) is 0. The molecule has 0 spiro atoms. The maximum absolute atomic E-state index is 2.40. The summed E-state index contributed by atoms with van der Waals surface area (Å²) < 4.78 is 5.29. The average molecular weight is 725 g/mol. The maximum atomic E-state index is 2.40. The molecule has 0 atom stereocenters. The van der Waals surface area contributed by atoms with E-state index in [1.807, 2.05) is 22.7 Å². The highest BCUT2D eigenvalue weighted by molar-refractivity contribution is 7.33. The van der Waals surface area contributed by atoms with Gasteiger partial charge in [-0.25, -0.2) is 0 Å². The largest absolute Gasteiger partial charge is 0.310 e. The van der Waals surface area contributed by atoms with E-state index in [1.54, 1.807) is 0 Å². The van der Waals surface area contributed by atoms with Crippen LogP contribution in [-0.4, -0.2) is 0 Å². The molecule has 2 nitrogen and oxygen atoms in total. The highest BCUT2D eigenvalue weighted by Gasteiger charge is 2.20. The summed E-state index contributed by atoms with van der Waals surface area (Å²) >= 11 is 3.82. The predicted octanol–water partition coefficient (Wildman–Crippen LogP) is 15.7. The Hall–Kier alpha value is -6.46. The summed E-state index contributed by atoms with van der Waals surface area (Å²) in [5.74, 6) is 0. The molecule has 9 aromatic carbocycles. The minimum atomic E-state index is 1.14. The Bertz CT molecular complexity index is 2950. The van der Waals surface area contributed by atoms with E-state index in [9.17, 15) is 0 Å². The second-order valence-corrected chi connectivity index (χ2v) is 15.8. The number of para-hydroxylation sites is 2. The molecule has 0 unspecified atom stereocenters. The van der Waals surface area contributed by atoms with Crippen LogP contribution >= 0.6 is 22.7 Å². The molecule has 0 fully saturated rings. The molecular formula is C50H32N2S2. The van der Waals surface area contributed by atoms with Gasteiger partial charge >= 0.3 is 0 Å². The fourth-order valence-corrected chi connectivity index (χ4v) is 10.7. The topological polar surface area (TPSA) is 6.48 Å². The Morgan fingerprint density at radius 1 is 0.278 bits per heavy atom. The zero-order valence-electron chi connectivity index (χ0n) is 29.2. The van der Waals surface area contributed by atoms with Gasteiger partial charge < -0.3 is 9.80 Å². The van der Waals surface area contributed by atoms with Crippen molar-refractivity contribution in [3.8, 4) is 0 Å². The number of hydrogen-bond acceptors (Lipinski definition) is 4. The first-order chi connectivity index (χ1) is 26.8. The summed E-state index contributed by atoms with van der Waals surface area (Å²) in [7, 11) is 0. The molecule has 2 heterocycles. The number of fused-ring (bicyclic) bond motifs is 9. The van der Waals surface area contributed by atoms with Crippen LogP contribution in [0.15, 0.2) is 194 Å². The molecule has 254 valence electrons. The number of hydrogen-bond donors (Lipinski definition) is 0. The van der Waals surface area contributed by atoms with Gasteiger partial charge in [0.1, 0.15) is 0 Å². The number of anilines is 6. The second-order valence-electron chi connectivity index (χ2n) is 13.7. The average Bonchev–Trinajstić information content (AvgIpc) is 3.80. The maximum Gasteiger partial charge on any atom is 0.0540 e. The first-order valence-corrected chi connectivity index (χ1v) is 19.9. The van der Waals surface area contributed by atoms with E-state index < -0.39 is 0 Å². The van der Waals surface area contributed by atoms with Crippen molar-refractivity contribution in [2.24, 2.45) is 0 Å². The summed E-state index contributed by atoms with van der Waals surface area (Å²) in [6, 6.07) is 70.6. The van der Waals surface area contributed by atoms with Crippen molar-refractivity contribution in [3.63, 3.8) is 0 Å². The van der Waals surface area contributed by atoms with Crippen LogP contribution in [0.2, 0.25) is 0 Å². The minimum absolute atomic E-state index is 1.14. The SMILES string of the molecule is c1ccc(N(c2ccc3c(c2)sc2c3ccc3c4ccc(N(c5ccccc5)c5cccc6ccccc56)cc4sc32)c2cccc3ccccc23)cc1. The second kappa shape index (κ2) is 12.6. The van der Waals surface area contributed by atoms with E-state index in [0.29, 0.717) is 0 Å². The monoisotopic (exact) mass is 724 g/mol. The molecule has 4 heteroatoms. The van der Waals surface area contributed by atoms with Gasteiger partial charge in [-0.05, 0) is 71.4 Å². The Morgan fingerprint density at radius 3 is 1.13 bits per heavy atom. The van der Waals surface area contributed by atoms with Gasteiger partial charge in [0.05, 0.1) is 20.8 Å². The lowest BCUT2D eigenvalue weighted by molar-refractivity contribution is 1.30. The Balaban J connectivity index is 1.07. The molecule has 11 rings (SSSR count). The highest BCUT2D eigenvalue weighted by atomic mass is 32.1. The van der Waals surface area contributed by atoms with Gasteiger partial charge in [0.25, 0.3) is 0 Å². The molecular weight excluding hydrogens is 693 g/mol. The summed E-state index contributed by atoms with van der Waals surface area (Å²) in [4.78, 5) is 4.80. The van der Waals surface area contributed by atoms with Crippen LogP contribution in [0.1, 0.15) is 0 Å². The van der Waals surface area contributed by atoms with Crippen LogP contribution in [-0.2, 0) is 0 Å². The quantitative estimate of drug-likeness (QED) is 0.168. The van der Waals surface area contributed by atoms with Crippen molar-refractivity contribution in [3.05, 3.63) is 194 Å². The van der Waals surface area contributed by atoms with E-state index in [-0.39, 0.29) is 0 Å². The fraction of sp³-hybridized carbons (Fsp3) is 0. The highest BCUT2D eigenvalue weighted by Crippen LogP contribution is 2.48. The third-order valence-electron chi connectivity index (χ3n) is 10.6. The minimum Gasteiger partial charge on any atom is -0.310 e. The van der Waals surface area contributed by atoms with E-state index in [2.05, 4.69) is 204 Å². The third kappa shape index (κ3) is 4.99. The zero-order valence-corrected chi connectivity index (χ0v) is 30.8. The van der Waals surface area contributed by atoms with Crippen LogP contribution in [0.25, 0.3) is 61.9 Å². The molecule has 0 saturated heterocycles. The first kappa shape index (κ1) is 31.1. The molecule has 0 aliphatic heterocycles. The van der Waals surface area contributed by atoms with Gasteiger partial charge in [-0.2, -0.15) is 0 Å². The predicted molar refractivity (Wildman–Crippen MR) is 237 cm³/mol. The van der Waals surface area contributed by atoms with Gasteiger partial charge in [0.2, 0.25) is 0 Å². The molecule has 2 aromatic heterocycles. The first-order valence-electron chi connectivity index (χ1n) is 18.3. The third-order valence-corrected chi connectivity index (χ3v) is 13.1. The molecule has 0 amide bonds. The van der Waals surface area contributed by atoms with Crippen molar-refractivity contribution >= 4 is 119 Å². The van der Waals surface area contributed by atoms with Crippen LogP contribution in [0.3, 0.4) is 0 Å². The smallest absolute Gasteiger partial charge is 0.0540 e. The van der Waals surface area contributed by atoms with Gasteiger partial charge in [0, 0.05) is 64.5 Å². The van der Waals surface area contributed by atoms with Gasteiger partial charge in [-0.15, -0.1) is 22.7 Å². The van der Waals surface area contributed by atoms with Gasteiger partial charge in [0.15, 0.2) is 0 Å². The molecule has 0 aliphatic rings. The molecule has 0 saturated carbocycles. The van der Waals surface area contributed by atoms with E-state index in [4.69, 9.17) is 0 Å². The summed E-state index contributed by atoms with van der Waals surface area (Å²) in [5, 5.41) is 10.2. The number of thiophene rings is 2.